The number of H-pyrrole nitrogens is 1. The van der Waals surface area contributed by atoms with E-state index in [0.717, 1.165) is 32.5 Å². The number of carbonyl (C=O) groups excluding carboxylic acids is 1. The molecule has 1 saturated heterocycles. The first-order valence-corrected chi connectivity index (χ1v) is 11.1. The molecule has 7 nitrogen and oxygen atoms in total. The van der Waals surface area contributed by atoms with E-state index in [9.17, 15) is 9.18 Å². The summed E-state index contributed by atoms with van der Waals surface area (Å²) in [5.74, 6) is 6.14. The van der Waals surface area contributed by atoms with Crippen molar-refractivity contribution in [2.75, 3.05) is 32.7 Å². The van der Waals surface area contributed by atoms with Crippen molar-refractivity contribution in [2.45, 2.75) is 33.1 Å². The molecule has 1 unspecified atom stereocenters. The molecule has 0 spiro atoms. The number of carbonyl (C=O) groups is 1. The number of Topliss-reactive ketones (excluding diaryl/α,β-unsaturated/α-hetero) is 1. The molecule has 0 bridgehead atoms. The summed E-state index contributed by atoms with van der Waals surface area (Å²) < 4.78 is 14.0. The standard InChI is InChI=1S/C23H35FN6O/c1-3-15(2)23(31)22-21(18-12-17(24)4-5-20(18)28-22)19(26)14-30(27)13-16-6-9-29(10-7-16)11-8-25/h4-5,12,14-16,28H,3,6-11,13,25-27H2,1-2H3/b19-14-. The summed E-state index contributed by atoms with van der Waals surface area (Å²) in [5.41, 5.74) is 14.0. The van der Waals surface area contributed by atoms with Gasteiger partial charge >= 0.3 is 0 Å². The molecule has 3 rings (SSSR count). The van der Waals surface area contributed by atoms with E-state index in [1.165, 1.54) is 12.1 Å². The number of benzene rings is 1. The second-order valence-electron chi connectivity index (χ2n) is 8.59. The number of hydrogen-bond acceptors (Lipinski definition) is 6. The Bertz CT molecular complexity index is 932. The smallest absolute Gasteiger partial charge is 0.182 e. The fraction of sp³-hybridized carbons (Fsp3) is 0.522. The van der Waals surface area contributed by atoms with E-state index in [0.29, 0.717) is 53.3 Å². The molecule has 7 N–H and O–H groups in total. The molecule has 0 saturated carbocycles. The second-order valence-corrected chi connectivity index (χ2v) is 8.59. The number of fused-ring (bicyclic) bond motifs is 1. The van der Waals surface area contributed by atoms with E-state index < -0.39 is 0 Å². The highest BCUT2D eigenvalue weighted by Crippen LogP contribution is 2.30. The van der Waals surface area contributed by atoms with E-state index in [1.807, 2.05) is 13.8 Å². The quantitative estimate of drug-likeness (QED) is 0.276. The number of aromatic amines is 1. The molecule has 170 valence electrons. The van der Waals surface area contributed by atoms with Crippen LogP contribution in [0.4, 0.5) is 4.39 Å². The van der Waals surface area contributed by atoms with Gasteiger partial charge in [0.1, 0.15) is 5.82 Å². The van der Waals surface area contributed by atoms with Crippen LogP contribution in [0, 0.1) is 17.7 Å². The Morgan fingerprint density at radius 2 is 2.10 bits per heavy atom. The number of likely N-dealkylation sites (tertiary alicyclic amines) is 1. The number of nitrogens with zero attached hydrogens (tertiary/aromatic N) is 2. The number of hydrogen-bond donors (Lipinski definition) is 4. The molecule has 0 amide bonds. The Morgan fingerprint density at radius 1 is 1.39 bits per heavy atom. The highest BCUT2D eigenvalue weighted by atomic mass is 19.1. The summed E-state index contributed by atoms with van der Waals surface area (Å²) in [5, 5.41) is 2.18. The van der Waals surface area contributed by atoms with Gasteiger partial charge in [0.25, 0.3) is 0 Å². The van der Waals surface area contributed by atoms with Crippen LogP contribution in [0.3, 0.4) is 0 Å². The van der Waals surface area contributed by atoms with Gasteiger partial charge in [-0.05, 0) is 56.5 Å². The minimum absolute atomic E-state index is 0.0405. The van der Waals surface area contributed by atoms with Gasteiger partial charge in [-0.15, -0.1) is 0 Å². The number of nitrogens with two attached hydrogens (primary N) is 3. The molecule has 0 radical (unpaired) electrons. The molecule has 1 atom stereocenters. The second kappa shape index (κ2) is 10.3. The third-order valence-electron chi connectivity index (χ3n) is 6.28. The van der Waals surface area contributed by atoms with Crippen molar-refractivity contribution in [2.24, 2.45) is 29.1 Å². The zero-order valence-electron chi connectivity index (χ0n) is 18.5. The van der Waals surface area contributed by atoms with Crippen molar-refractivity contribution in [1.29, 1.82) is 0 Å². The SMILES string of the molecule is CCC(C)C(=O)c1[nH]c2ccc(F)cc2c1/C(N)=C/N(N)CC1CCN(CCN)CC1. The van der Waals surface area contributed by atoms with Crippen molar-refractivity contribution in [1.82, 2.24) is 14.9 Å². The highest BCUT2D eigenvalue weighted by molar-refractivity contribution is 6.07. The van der Waals surface area contributed by atoms with Crippen molar-refractivity contribution in [3.8, 4) is 0 Å². The number of ketones is 1. The number of hydrazine groups is 1. The first kappa shape index (κ1) is 23.2. The summed E-state index contributed by atoms with van der Waals surface area (Å²) in [6, 6.07) is 4.40. The lowest BCUT2D eigenvalue weighted by atomic mass is 9.96. The van der Waals surface area contributed by atoms with E-state index in [-0.39, 0.29) is 17.5 Å². The fourth-order valence-electron chi connectivity index (χ4n) is 4.25. The molecule has 1 fully saturated rings. The molecule has 0 aliphatic carbocycles. The Morgan fingerprint density at radius 3 is 2.74 bits per heavy atom. The van der Waals surface area contributed by atoms with Crippen LogP contribution >= 0.6 is 0 Å². The zero-order chi connectivity index (χ0) is 22.5. The van der Waals surface area contributed by atoms with Crippen molar-refractivity contribution in [3.05, 3.63) is 41.5 Å². The number of nitrogens with one attached hydrogen (secondary N) is 1. The number of piperidine rings is 1. The third-order valence-corrected chi connectivity index (χ3v) is 6.28. The fourth-order valence-corrected chi connectivity index (χ4v) is 4.25. The van der Waals surface area contributed by atoms with Gasteiger partial charge in [-0.1, -0.05) is 13.8 Å². The zero-order valence-corrected chi connectivity index (χ0v) is 18.5. The molecule has 31 heavy (non-hydrogen) atoms. The molecule has 8 heteroatoms. The summed E-state index contributed by atoms with van der Waals surface area (Å²) in [4.78, 5) is 18.5. The van der Waals surface area contributed by atoms with Gasteiger partial charge in [0.15, 0.2) is 5.78 Å². The van der Waals surface area contributed by atoms with E-state index >= 15 is 0 Å². The maximum Gasteiger partial charge on any atom is 0.182 e. The van der Waals surface area contributed by atoms with Crippen molar-refractivity contribution in [3.63, 3.8) is 0 Å². The van der Waals surface area contributed by atoms with Gasteiger partial charge in [0, 0.05) is 48.2 Å². The van der Waals surface area contributed by atoms with Gasteiger partial charge in [0.2, 0.25) is 0 Å². The molecule has 1 aliphatic rings. The Balaban J connectivity index is 1.83. The molecular weight excluding hydrogens is 395 g/mol. The maximum absolute atomic E-state index is 14.0. The Kier molecular flexibility index (Phi) is 7.69. The molecule has 1 aromatic carbocycles. The van der Waals surface area contributed by atoms with Gasteiger partial charge in [-0.25, -0.2) is 10.2 Å². The summed E-state index contributed by atoms with van der Waals surface area (Å²) in [6.45, 7) is 8.15. The average Bonchev–Trinajstić information content (AvgIpc) is 3.12. The van der Waals surface area contributed by atoms with Gasteiger partial charge < -0.3 is 26.4 Å². The largest absolute Gasteiger partial charge is 0.397 e. The number of aromatic nitrogens is 1. The summed E-state index contributed by atoms with van der Waals surface area (Å²) in [6.07, 6.45) is 4.47. The van der Waals surface area contributed by atoms with Gasteiger partial charge in [0.05, 0.1) is 11.4 Å². The number of halogens is 1. The molecule has 2 aromatic rings. The lowest BCUT2D eigenvalue weighted by molar-refractivity contribution is 0.0922. The lowest BCUT2D eigenvalue weighted by Gasteiger charge is -2.33. The van der Waals surface area contributed by atoms with Crippen LogP contribution in [0.15, 0.2) is 24.4 Å². The van der Waals surface area contributed by atoms with Crippen molar-refractivity contribution < 1.29 is 9.18 Å². The van der Waals surface area contributed by atoms with Crippen LogP contribution in [0.5, 0.6) is 0 Å². The molecular formula is C23H35FN6O. The van der Waals surface area contributed by atoms with Crippen LogP contribution in [0.2, 0.25) is 0 Å². The molecule has 1 aromatic heterocycles. The van der Waals surface area contributed by atoms with Crippen LogP contribution in [-0.4, -0.2) is 53.4 Å². The predicted octanol–water partition coefficient (Wildman–Crippen LogP) is 2.64. The summed E-state index contributed by atoms with van der Waals surface area (Å²) >= 11 is 0. The Hall–Kier alpha value is -2.42. The first-order chi connectivity index (χ1) is 14.8. The highest BCUT2D eigenvalue weighted by Gasteiger charge is 2.24. The average molecular weight is 431 g/mol. The van der Waals surface area contributed by atoms with E-state index in [2.05, 4.69) is 9.88 Å². The normalized spacial score (nSPS) is 17.3. The minimum Gasteiger partial charge on any atom is -0.397 e. The number of rotatable bonds is 9. The lowest BCUT2D eigenvalue weighted by Crippen LogP contribution is -2.41. The summed E-state index contributed by atoms with van der Waals surface area (Å²) in [7, 11) is 0. The topological polar surface area (TPSA) is 117 Å². The monoisotopic (exact) mass is 430 g/mol. The van der Waals surface area contributed by atoms with Crippen molar-refractivity contribution >= 4 is 22.4 Å². The van der Waals surface area contributed by atoms with Crippen LogP contribution in [0.1, 0.15) is 49.2 Å². The van der Waals surface area contributed by atoms with Crippen LogP contribution in [0.25, 0.3) is 16.6 Å². The van der Waals surface area contributed by atoms with E-state index in [1.54, 1.807) is 17.3 Å². The Labute approximate surface area is 183 Å². The van der Waals surface area contributed by atoms with Gasteiger partial charge in [-0.3, -0.25) is 4.79 Å². The minimum atomic E-state index is -0.378. The predicted molar refractivity (Wildman–Crippen MR) is 123 cm³/mol. The molecule has 2 heterocycles. The first-order valence-electron chi connectivity index (χ1n) is 11.1. The molecule has 1 aliphatic heterocycles. The third kappa shape index (κ3) is 5.44. The maximum atomic E-state index is 14.0. The van der Waals surface area contributed by atoms with Crippen LogP contribution in [-0.2, 0) is 0 Å². The van der Waals surface area contributed by atoms with Gasteiger partial charge in [-0.2, -0.15) is 0 Å². The van der Waals surface area contributed by atoms with Crippen LogP contribution < -0.4 is 17.3 Å². The van der Waals surface area contributed by atoms with E-state index in [4.69, 9.17) is 17.3 Å².